The smallest absolute Gasteiger partial charge is 0.135 e. The van der Waals surface area contributed by atoms with Crippen molar-refractivity contribution in [3.05, 3.63) is 63.8 Å². The van der Waals surface area contributed by atoms with Gasteiger partial charge in [0.25, 0.3) is 0 Å². The fraction of sp³-hybridized carbons (Fsp3) is 0.517. The minimum absolute atomic E-state index is 0.0290. The van der Waals surface area contributed by atoms with E-state index in [1.807, 2.05) is 24.0 Å². The fourth-order valence-corrected chi connectivity index (χ4v) is 5.93. The van der Waals surface area contributed by atoms with Gasteiger partial charge in [-0.1, -0.05) is 24.9 Å². The van der Waals surface area contributed by atoms with Gasteiger partial charge in [-0.15, -0.1) is 0 Å². The lowest BCUT2D eigenvalue weighted by atomic mass is 9.87. The van der Waals surface area contributed by atoms with E-state index in [2.05, 4.69) is 16.8 Å². The maximum Gasteiger partial charge on any atom is 0.135 e. The highest BCUT2D eigenvalue weighted by Gasteiger charge is 2.41. The van der Waals surface area contributed by atoms with Gasteiger partial charge in [0.15, 0.2) is 0 Å². The molecule has 0 bridgehead atoms. The molecule has 0 unspecified atom stereocenters. The number of hydrogen-bond acceptors (Lipinski definition) is 3. The van der Waals surface area contributed by atoms with Crippen LogP contribution >= 0.6 is 11.6 Å². The summed E-state index contributed by atoms with van der Waals surface area (Å²) in [5, 5.41) is 1.52. The van der Waals surface area contributed by atoms with E-state index in [9.17, 15) is 4.39 Å². The first-order valence-corrected chi connectivity index (χ1v) is 13.5. The van der Waals surface area contributed by atoms with Gasteiger partial charge in [0.1, 0.15) is 29.2 Å². The third-order valence-electron chi connectivity index (χ3n) is 7.51. The second kappa shape index (κ2) is 10.2. The Labute approximate surface area is 221 Å². The molecule has 2 aliphatic rings. The van der Waals surface area contributed by atoms with Gasteiger partial charge in [-0.2, -0.15) is 0 Å². The Morgan fingerprint density at radius 1 is 1.14 bits per heavy atom. The number of likely N-dealkylation sites (tertiary alicyclic amines) is 1. The van der Waals surface area contributed by atoms with E-state index in [1.165, 1.54) is 26.0 Å². The second-order valence-corrected chi connectivity index (χ2v) is 11.6. The highest BCUT2D eigenvalue weighted by Crippen LogP contribution is 2.44. The number of benzene rings is 2. The summed E-state index contributed by atoms with van der Waals surface area (Å²) in [6.07, 6.45) is 2.79. The number of ether oxygens (including phenoxy) is 1. The molecule has 1 fully saturated rings. The first kappa shape index (κ1) is 26.4. The molecule has 2 aliphatic heterocycles. The molecule has 5 rings (SSSR count). The van der Waals surface area contributed by atoms with Crippen LogP contribution in [0.4, 0.5) is 13.2 Å². The number of rotatable bonds is 8. The summed E-state index contributed by atoms with van der Waals surface area (Å²) in [7, 11) is 0. The number of aromatic amines is 1. The van der Waals surface area contributed by atoms with Gasteiger partial charge in [-0.3, -0.25) is 9.80 Å². The zero-order valence-electron chi connectivity index (χ0n) is 21.9. The molecule has 0 amide bonds. The van der Waals surface area contributed by atoms with Crippen LogP contribution in [0.15, 0.2) is 30.3 Å². The Balaban J connectivity index is 1.51. The molecule has 0 radical (unpaired) electrons. The molecule has 0 spiro atoms. The second-order valence-electron chi connectivity index (χ2n) is 11.2. The van der Waals surface area contributed by atoms with Crippen molar-refractivity contribution in [1.29, 1.82) is 0 Å². The van der Waals surface area contributed by atoms with Gasteiger partial charge >= 0.3 is 0 Å². The summed E-state index contributed by atoms with van der Waals surface area (Å²) in [4.78, 5) is 7.51. The van der Waals surface area contributed by atoms with Crippen LogP contribution in [0.5, 0.6) is 5.75 Å². The average Bonchev–Trinajstić information content (AvgIpc) is 3.13. The molecular weight excluding hydrogens is 499 g/mol. The van der Waals surface area contributed by atoms with Crippen LogP contribution in [0.3, 0.4) is 0 Å². The van der Waals surface area contributed by atoms with Crippen LogP contribution in [0, 0.1) is 11.6 Å². The Morgan fingerprint density at radius 2 is 1.84 bits per heavy atom. The van der Waals surface area contributed by atoms with E-state index in [1.54, 1.807) is 6.07 Å². The SMILES string of the molecule is CCCCN1CC(Oc2cc(F)c([C@@H]3c4[nH]c5ccc(Cl)cc5c4C[C@@H](C)N3CC(C)(C)F)c(F)c2)C1. The standard InChI is InChI=1S/C29H35ClF3N3O/c1-5-6-9-35-14-20(15-35)37-19-12-23(31)26(24(32)13-19)28-27-22(10-17(2)36(28)16-29(3,4)33)21-11-18(30)7-8-25(21)34-27/h7-8,11-13,17,20,28,34H,5-6,9-10,14-16H2,1-4H3/t17-,28-/m1/s1. The summed E-state index contributed by atoms with van der Waals surface area (Å²) in [6.45, 7) is 9.65. The van der Waals surface area contributed by atoms with E-state index in [-0.39, 0.29) is 30.0 Å². The highest BCUT2D eigenvalue weighted by molar-refractivity contribution is 6.31. The molecule has 1 N–H and O–H groups in total. The number of aromatic nitrogens is 1. The van der Waals surface area contributed by atoms with Crippen molar-refractivity contribution < 1.29 is 17.9 Å². The molecule has 2 aromatic carbocycles. The van der Waals surface area contributed by atoms with Crippen molar-refractivity contribution >= 4 is 22.5 Å². The zero-order valence-corrected chi connectivity index (χ0v) is 22.6. The molecule has 8 heteroatoms. The van der Waals surface area contributed by atoms with Crippen LogP contribution in [0.25, 0.3) is 10.9 Å². The molecule has 0 aliphatic carbocycles. The van der Waals surface area contributed by atoms with Crippen LogP contribution in [0.2, 0.25) is 5.02 Å². The number of fused-ring (bicyclic) bond motifs is 3. The van der Waals surface area contributed by atoms with Gasteiger partial charge in [0, 0.05) is 65.0 Å². The number of H-pyrrole nitrogens is 1. The number of halogens is 4. The Kier molecular flexibility index (Phi) is 7.24. The van der Waals surface area contributed by atoms with E-state index in [0.717, 1.165) is 48.9 Å². The van der Waals surface area contributed by atoms with Crippen molar-refractivity contribution in [3.63, 3.8) is 0 Å². The summed E-state index contributed by atoms with van der Waals surface area (Å²) in [5.74, 6) is -1.20. The number of hydrogen-bond donors (Lipinski definition) is 1. The van der Waals surface area contributed by atoms with E-state index < -0.39 is 23.3 Å². The van der Waals surface area contributed by atoms with Crippen molar-refractivity contribution in [2.24, 2.45) is 0 Å². The summed E-state index contributed by atoms with van der Waals surface area (Å²) in [6, 6.07) is 7.09. The fourth-order valence-electron chi connectivity index (χ4n) is 5.76. The largest absolute Gasteiger partial charge is 0.488 e. The first-order chi connectivity index (χ1) is 17.5. The van der Waals surface area contributed by atoms with Crippen molar-refractivity contribution in [2.75, 3.05) is 26.2 Å². The summed E-state index contributed by atoms with van der Waals surface area (Å²) in [5.41, 5.74) is 0.829. The molecule has 0 saturated carbocycles. The van der Waals surface area contributed by atoms with Gasteiger partial charge in [-0.25, -0.2) is 13.2 Å². The quantitative estimate of drug-likeness (QED) is 0.337. The first-order valence-electron chi connectivity index (χ1n) is 13.2. The lowest BCUT2D eigenvalue weighted by Crippen LogP contribution is -2.53. The number of unbranched alkanes of at least 4 members (excludes halogenated alkanes) is 1. The molecule has 37 heavy (non-hydrogen) atoms. The molecule has 3 aromatic rings. The topological polar surface area (TPSA) is 31.5 Å². The highest BCUT2D eigenvalue weighted by atomic mass is 35.5. The summed E-state index contributed by atoms with van der Waals surface area (Å²) < 4.78 is 52.4. The predicted octanol–water partition coefficient (Wildman–Crippen LogP) is 7.05. The lowest BCUT2D eigenvalue weighted by Gasteiger charge is -2.43. The van der Waals surface area contributed by atoms with E-state index in [4.69, 9.17) is 16.3 Å². The lowest BCUT2D eigenvalue weighted by molar-refractivity contribution is 0.0188. The normalized spacial score (nSPS) is 21.3. The maximum absolute atomic E-state index is 15.8. The predicted molar refractivity (Wildman–Crippen MR) is 142 cm³/mol. The van der Waals surface area contributed by atoms with Crippen LogP contribution in [0.1, 0.15) is 63.4 Å². The molecule has 1 saturated heterocycles. The van der Waals surface area contributed by atoms with Gasteiger partial charge < -0.3 is 9.72 Å². The minimum Gasteiger partial charge on any atom is -0.488 e. The third kappa shape index (κ3) is 5.36. The molecule has 200 valence electrons. The third-order valence-corrected chi connectivity index (χ3v) is 7.75. The van der Waals surface area contributed by atoms with Crippen molar-refractivity contribution in [3.8, 4) is 5.75 Å². The van der Waals surface area contributed by atoms with Crippen molar-refractivity contribution in [2.45, 2.75) is 70.8 Å². The Morgan fingerprint density at radius 3 is 2.49 bits per heavy atom. The van der Waals surface area contributed by atoms with Crippen LogP contribution < -0.4 is 4.74 Å². The zero-order chi connectivity index (χ0) is 26.5. The minimum atomic E-state index is -1.55. The van der Waals surface area contributed by atoms with E-state index >= 15 is 8.78 Å². The molecule has 1 aromatic heterocycles. The van der Waals surface area contributed by atoms with Gasteiger partial charge in [0.05, 0.1) is 6.04 Å². The van der Waals surface area contributed by atoms with Gasteiger partial charge in [-0.05, 0) is 63.9 Å². The molecular formula is C29H35ClF3N3O. The number of alkyl halides is 1. The maximum atomic E-state index is 15.8. The van der Waals surface area contributed by atoms with Crippen LogP contribution in [-0.4, -0.2) is 58.8 Å². The van der Waals surface area contributed by atoms with Gasteiger partial charge in [0.2, 0.25) is 0 Å². The molecule has 4 nitrogen and oxygen atoms in total. The number of nitrogens with one attached hydrogen (secondary N) is 1. The summed E-state index contributed by atoms with van der Waals surface area (Å²) >= 11 is 6.27. The molecule has 3 heterocycles. The van der Waals surface area contributed by atoms with Crippen LogP contribution in [-0.2, 0) is 6.42 Å². The Hall–Kier alpha value is -2.22. The monoisotopic (exact) mass is 533 g/mol. The molecule has 2 atom stereocenters. The van der Waals surface area contributed by atoms with E-state index in [0.29, 0.717) is 17.1 Å². The van der Waals surface area contributed by atoms with Crippen molar-refractivity contribution in [1.82, 2.24) is 14.8 Å². The number of nitrogens with zero attached hydrogens (tertiary/aromatic N) is 2. The average molecular weight is 534 g/mol. The Bertz CT molecular complexity index is 1260.